The first-order chi connectivity index (χ1) is 6.15. The molecule has 1 rings (SSSR count). The van der Waals surface area contributed by atoms with Crippen molar-refractivity contribution in [2.75, 3.05) is 6.54 Å². The minimum absolute atomic E-state index is 0.0354. The Morgan fingerprint density at radius 2 is 2.23 bits per heavy atom. The fourth-order valence-corrected chi connectivity index (χ4v) is 1.19. The van der Waals surface area contributed by atoms with Gasteiger partial charge in [0.25, 0.3) is 0 Å². The maximum Gasteiger partial charge on any atom is 0.163 e. The van der Waals surface area contributed by atoms with Gasteiger partial charge in [0.2, 0.25) is 0 Å². The van der Waals surface area contributed by atoms with Gasteiger partial charge in [0.1, 0.15) is 5.75 Å². The van der Waals surface area contributed by atoms with Gasteiger partial charge >= 0.3 is 0 Å². The van der Waals surface area contributed by atoms with Crippen LogP contribution in [0.1, 0.15) is 22.8 Å². The molecule has 0 bridgehead atoms. The topological polar surface area (TPSA) is 63.3 Å². The quantitative estimate of drug-likeness (QED) is 0.683. The van der Waals surface area contributed by atoms with Crippen LogP contribution in [0.25, 0.3) is 0 Å². The summed E-state index contributed by atoms with van der Waals surface area (Å²) in [6.07, 6.45) is 0.723. The van der Waals surface area contributed by atoms with Crippen LogP contribution in [0, 0.1) is 0 Å². The molecule has 0 unspecified atom stereocenters. The summed E-state index contributed by atoms with van der Waals surface area (Å²) in [5.41, 5.74) is 6.72. The number of carbonyl (C=O) groups is 1. The third-order valence-electron chi connectivity index (χ3n) is 1.87. The SMILES string of the molecule is CC(=O)c1cc(CCN)ccc1O. The van der Waals surface area contributed by atoms with Gasteiger partial charge in [-0.15, -0.1) is 0 Å². The lowest BCUT2D eigenvalue weighted by Crippen LogP contribution is -2.03. The van der Waals surface area contributed by atoms with Gasteiger partial charge in [-0.1, -0.05) is 6.07 Å². The van der Waals surface area contributed by atoms with Crippen LogP contribution >= 0.6 is 0 Å². The molecule has 1 aromatic rings. The number of aromatic hydroxyl groups is 1. The second-order valence-electron chi connectivity index (χ2n) is 2.95. The zero-order valence-electron chi connectivity index (χ0n) is 7.58. The largest absolute Gasteiger partial charge is 0.507 e. The zero-order chi connectivity index (χ0) is 9.84. The van der Waals surface area contributed by atoms with Crippen LogP contribution in [-0.4, -0.2) is 17.4 Å². The van der Waals surface area contributed by atoms with Crippen molar-refractivity contribution in [2.45, 2.75) is 13.3 Å². The molecule has 0 heterocycles. The number of benzene rings is 1. The fourth-order valence-electron chi connectivity index (χ4n) is 1.19. The Balaban J connectivity index is 3.04. The molecular weight excluding hydrogens is 166 g/mol. The van der Waals surface area contributed by atoms with Gasteiger partial charge in [0, 0.05) is 0 Å². The molecule has 0 aliphatic heterocycles. The normalized spacial score (nSPS) is 10.0. The summed E-state index contributed by atoms with van der Waals surface area (Å²) >= 11 is 0. The molecule has 0 saturated carbocycles. The minimum atomic E-state index is -0.128. The Labute approximate surface area is 77.2 Å². The van der Waals surface area contributed by atoms with Crippen LogP contribution in [0.3, 0.4) is 0 Å². The molecule has 0 atom stereocenters. The molecule has 3 heteroatoms. The van der Waals surface area contributed by atoms with E-state index in [0.29, 0.717) is 12.1 Å². The smallest absolute Gasteiger partial charge is 0.163 e. The summed E-state index contributed by atoms with van der Waals surface area (Å²) in [6, 6.07) is 4.99. The van der Waals surface area contributed by atoms with E-state index in [2.05, 4.69) is 0 Å². The Morgan fingerprint density at radius 1 is 1.54 bits per heavy atom. The van der Waals surface area contributed by atoms with E-state index in [1.54, 1.807) is 12.1 Å². The highest BCUT2D eigenvalue weighted by Gasteiger charge is 2.06. The Bertz CT molecular complexity index is 321. The van der Waals surface area contributed by atoms with Crippen LogP contribution < -0.4 is 5.73 Å². The van der Waals surface area contributed by atoms with Gasteiger partial charge < -0.3 is 10.8 Å². The molecule has 0 aliphatic carbocycles. The molecule has 0 aromatic heterocycles. The van der Waals surface area contributed by atoms with Crippen molar-refractivity contribution in [1.29, 1.82) is 0 Å². The molecule has 1 aromatic carbocycles. The zero-order valence-corrected chi connectivity index (χ0v) is 7.58. The van der Waals surface area contributed by atoms with E-state index in [4.69, 9.17) is 5.73 Å². The molecule has 3 N–H and O–H groups in total. The van der Waals surface area contributed by atoms with Crippen LogP contribution in [0.5, 0.6) is 5.75 Å². The number of rotatable bonds is 3. The number of Topliss-reactive ketones (excluding diaryl/α,β-unsaturated/α-hetero) is 1. The minimum Gasteiger partial charge on any atom is -0.507 e. The van der Waals surface area contributed by atoms with Crippen molar-refractivity contribution < 1.29 is 9.90 Å². The molecule has 3 nitrogen and oxygen atoms in total. The van der Waals surface area contributed by atoms with E-state index in [0.717, 1.165) is 12.0 Å². The van der Waals surface area contributed by atoms with Gasteiger partial charge in [0.15, 0.2) is 5.78 Å². The van der Waals surface area contributed by atoms with E-state index in [9.17, 15) is 9.90 Å². The summed E-state index contributed by atoms with van der Waals surface area (Å²) in [6.45, 7) is 1.98. The summed E-state index contributed by atoms with van der Waals surface area (Å²) in [4.78, 5) is 11.0. The van der Waals surface area contributed by atoms with E-state index >= 15 is 0 Å². The summed E-state index contributed by atoms with van der Waals surface area (Å²) in [5.74, 6) is -0.0929. The third kappa shape index (κ3) is 2.29. The molecule has 13 heavy (non-hydrogen) atoms. The number of carbonyl (C=O) groups excluding carboxylic acids is 1. The van der Waals surface area contributed by atoms with Gasteiger partial charge in [0.05, 0.1) is 5.56 Å². The molecule has 0 saturated heterocycles. The fraction of sp³-hybridized carbons (Fsp3) is 0.300. The molecule has 0 fully saturated rings. The van der Waals surface area contributed by atoms with Crippen molar-refractivity contribution >= 4 is 5.78 Å². The lowest BCUT2D eigenvalue weighted by Gasteiger charge is -2.03. The first-order valence-corrected chi connectivity index (χ1v) is 4.18. The van der Waals surface area contributed by atoms with Gasteiger partial charge in [-0.2, -0.15) is 0 Å². The van der Waals surface area contributed by atoms with Crippen molar-refractivity contribution in [3.8, 4) is 5.75 Å². The van der Waals surface area contributed by atoms with Crippen LogP contribution in [0.2, 0.25) is 0 Å². The molecule has 0 radical (unpaired) electrons. The number of ketones is 1. The van der Waals surface area contributed by atoms with E-state index in [1.807, 2.05) is 0 Å². The number of hydrogen-bond acceptors (Lipinski definition) is 3. The lowest BCUT2D eigenvalue weighted by molar-refractivity contribution is 0.101. The number of hydrogen-bond donors (Lipinski definition) is 2. The Morgan fingerprint density at radius 3 is 2.77 bits per heavy atom. The third-order valence-corrected chi connectivity index (χ3v) is 1.87. The van der Waals surface area contributed by atoms with Crippen molar-refractivity contribution in [2.24, 2.45) is 5.73 Å². The van der Waals surface area contributed by atoms with Gasteiger partial charge in [-0.3, -0.25) is 4.79 Å². The van der Waals surface area contributed by atoms with Crippen molar-refractivity contribution in [1.82, 2.24) is 0 Å². The first kappa shape index (κ1) is 9.74. The highest BCUT2D eigenvalue weighted by atomic mass is 16.3. The maximum atomic E-state index is 11.0. The first-order valence-electron chi connectivity index (χ1n) is 4.18. The number of nitrogens with two attached hydrogens (primary N) is 1. The molecule has 70 valence electrons. The van der Waals surface area contributed by atoms with Crippen LogP contribution in [0.15, 0.2) is 18.2 Å². The predicted octanol–water partition coefficient (Wildman–Crippen LogP) is 1.10. The average molecular weight is 179 g/mol. The average Bonchev–Trinajstić information content (AvgIpc) is 2.08. The van der Waals surface area contributed by atoms with E-state index < -0.39 is 0 Å². The monoisotopic (exact) mass is 179 g/mol. The molecule has 0 amide bonds. The second-order valence-corrected chi connectivity index (χ2v) is 2.95. The predicted molar refractivity (Wildman–Crippen MR) is 50.9 cm³/mol. The summed E-state index contributed by atoms with van der Waals surface area (Å²) in [7, 11) is 0. The number of phenols is 1. The van der Waals surface area contributed by atoms with Crippen LogP contribution in [0.4, 0.5) is 0 Å². The van der Waals surface area contributed by atoms with Crippen LogP contribution in [-0.2, 0) is 6.42 Å². The van der Waals surface area contributed by atoms with E-state index in [-0.39, 0.29) is 11.5 Å². The maximum absolute atomic E-state index is 11.0. The Hall–Kier alpha value is -1.35. The van der Waals surface area contributed by atoms with Gasteiger partial charge in [-0.25, -0.2) is 0 Å². The Kier molecular flexibility index (Phi) is 3.03. The standard InChI is InChI=1S/C10H13NO2/c1-7(12)9-6-8(4-5-11)2-3-10(9)13/h2-3,6,13H,4-5,11H2,1H3. The highest BCUT2D eigenvalue weighted by Crippen LogP contribution is 2.18. The number of phenolic OH excluding ortho intramolecular Hbond substituents is 1. The summed E-state index contributed by atoms with van der Waals surface area (Å²) < 4.78 is 0. The molecular formula is C10H13NO2. The second kappa shape index (κ2) is 4.05. The lowest BCUT2D eigenvalue weighted by atomic mass is 10.0. The molecule has 0 aliphatic rings. The van der Waals surface area contributed by atoms with Crippen molar-refractivity contribution in [3.63, 3.8) is 0 Å². The van der Waals surface area contributed by atoms with Crippen molar-refractivity contribution in [3.05, 3.63) is 29.3 Å². The highest BCUT2D eigenvalue weighted by molar-refractivity contribution is 5.96. The summed E-state index contributed by atoms with van der Waals surface area (Å²) in [5, 5.41) is 9.32. The van der Waals surface area contributed by atoms with Gasteiger partial charge in [-0.05, 0) is 37.6 Å². The van der Waals surface area contributed by atoms with E-state index in [1.165, 1.54) is 13.0 Å². The molecule has 0 spiro atoms.